The van der Waals surface area contributed by atoms with E-state index in [4.69, 9.17) is 14.2 Å². The first-order valence-electron chi connectivity index (χ1n) is 11.9. The van der Waals surface area contributed by atoms with E-state index in [1.807, 2.05) is 58.0 Å². The van der Waals surface area contributed by atoms with Gasteiger partial charge in [0, 0.05) is 18.3 Å². The Balaban J connectivity index is 1.60. The first-order chi connectivity index (χ1) is 16.2. The maximum atomic E-state index is 12.7. The average molecular weight is 469 g/mol. The van der Waals surface area contributed by atoms with Crippen LogP contribution in [0.3, 0.4) is 0 Å². The van der Waals surface area contributed by atoms with Crippen molar-refractivity contribution in [1.82, 2.24) is 9.88 Å². The third-order valence-electron chi connectivity index (χ3n) is 5.94. The fourth-order valence-electron chi connectivity index (χ4n) is 4.27. The lowest BCUT2D eigenvalue weighted by molar-refractivity contribution is -0.141. The van der Waals surface area contributed by atoms with Gasteiger partial charge in [0.1, 0.15) is 11.4 Å². The molecule has 0 spiro atoms. The fraction of sp³-hybridized carbons (Fsp3) is 0.519. The molecule has 0 radical (unpaired) electrons. The quantitative estimate of drug-likeness (QED) is 0.391. The van der Waals surface area contributed by atoms with Crippen LogP contribution in [0.4, 0.5) is 0 Å². The molecule has 0 aliphatic carbocycles. The number of likely N-dealkylation sites (tertiary alicyclic amines) is 1. The van der Waals surface area contributed by atoms with Gasteiger partial charge in [-0.25, -0.2) is 9.78 Å². The zero-order valence-electron chi connectivity index (χ0n) is 20.9. The Bertz CT molecular complexity index is 999. The Kier molecular flexibility index (Phi) is 8.67. The van der Waals surface area contributed by atoms with E-state index in [2.05, 4.69) is 9.88 Å². The Hall–Kier alpha value is -2.93. The second-order valence-corrected chi connectivity index (χ2v) is 9.79. The Morgan fingerprint density at radius 2 is 1.91 bits per heavy atom. The molecule has 1 saturated heterocycles. The van der Waals surface area contributed by atoms with Crippen molar-refractivity contribution in [2.45, 2.75) is 52.6 Å². The van der Waals surface area contributed by atoms with E-state index in [0.29, 0.717) is 24.8 Å². The van der Waals surface area contributed by atoms with Gasteiger partial charge in [-0.15, -0.1) is 0 Å². The summed E-state index contributed by atoms with van der Waals surface area (Å²) >= 11 is 0. The molecule has 2 heterocycles. The molecule has 0 N–H and O–H groups in total. The van der Waals surface area contributed by atoms with Gasteiger partial charge in [0.05, 0.1) is 20.3 Å². The molecule has 1 aromatic carbocycles. The topological polar surface area (TPSA) is 78.0 Å². The summed E-state index contributed by atoms with van der Waals surface area (Å²) in [5, 5.41) is 0. The van der Waals surface area contributed by atoms with Crippen molar-refractivity contribution >= 4 is 11.9 Å². The number of pyridine rings is 1. The molecule has 1 aliphatic rings. The summed E-state index contributed by atoms with van der Waals surface area (Å²) in [6, 6.07) is 9.57. The number of esters is 2. The van der Waals surface area contributed by atoms with Crippen LogP contribution in [-0.4, -0.2) is 60.8 Å². The first-order valence-corrected chi connectivity index (χ1v) is 11.9. The van der Waals surface area contributed by atoms with E-state index in [1.165, 1.54) is 7.11 Å². The van der Waals surface area contributed by atoms with Gasteiger partial charge in [-0.1, -0.05) is 18.2 Å². The van der Waals surface area contributed by atoms with Crippen LogP contribution < -0.4 is 4.74 Å². The average Bonchev–Trinajstić information content (AvgIpc) is 3.23. The van der Waals surface area contributed by atoms with E-state index >= 15 is 0 Å². The zero-order chi connectivity index (χ0) is 24.7. The first kappa shape index (κ1) is 25.7. The standard InChI is InChI=1S/C27H36N2O5/c1-19-21(22-11-7-14-28-25(22)26(31)34-27(2,3)4)10-6-12-23(19)33-16-8-9-20-13-15-29(17-20)18-24(30)32-5/h6-7,10-12,14,20H,8-9,13,15-18H2,1-5H3. The summed E-state index contributed by atoms with van der Waals surface area (Å²) in [6.45, 7) is 10.4. The largest absolute Gasteiger partial charge is 0.493 e. The number of methoxy groups -OCH3 is 1. The van der Waals surface area contributed by atoms with Crippen LogP contribution in [0.1, 0.15) is 56.1 Å². The van der Waals surface area contributed by atoms with Crippen LogP contribution in [0.2, 0.25) is 0 Å². The second-order valence-electron chi connectivity index (χ2n) is 9.79. The molecule has 0 saturated carbocycles. The van der Waals surface area contributed by atoms with Gasteiger partial charge < -0.3 is 14.2 Å². The van der Waals surface area contributed by atoms with E-state index in [9.17, 15) is 9.59 Å². The molecule has 1 fully saturated rings. The SMILES string of the molecule is COC(=O)CN1CCC(CCCOc2cccc(-c3cccnc3C(=O)OC(C)(C)C)c2C)C1. The number of rotatable bonds is 9. The van der Waals surface area contributed by atoms with Crippen molar-refractivity contribution in [2.24, 2.45) is 5.92 Å². The molecule has 184 valence electrons. The molecule has 2 aromatic rings. The molecule has 1 aliphatic heterocycles. The number of aromatic nitrogens is 1. The van der Waals surface area contributed by atoms with Gasteiger partial charge in [0.2, 0.25) is 0 Å². The lowest BCUT2D eigenvalue weighted by Crippen LogP contribution is -2.28. The number of hydrogen-bond donors (Lipinski definition) is 0. The third kappa shape index (κ3) is 7.03. The lowest BCUT2D eigenvalue weighted by atomic mass is 9.98. The molecule has 1 atom stereocenters. The van der Waals surface area contributed by atoms with Gasteiger partial charge in [0.15, 0.2) is 5.69 Å². The van der Waals surface area contributed by atoms with Crippen molar-refractivity contribution in [1.29, 1.82) is 0 Å². The number of carbonyl (C=O) groups is 2. The van der Waals surface area contributed by atoms with Gasteiger partial charge in [-0.05, 0) is 82.7 Å². The van der Waals surface area contributed by atoms with E-state index < -0.39 is 11.6 Å². The molecule has 7 heteroatoms. The highest BCUT2D eigenvalue weighted by Gasteiger charge is 2.25. The minimum Gasteiger partial charge on any atom is -0.493 e. The van der Waals surface area contributed by atoms with Crippen LogP contribution in [0, 0.1) is 12.8 Å². The molecule has 7 nitrogen and oxygen atoms in total. The second kappa shape index (κ2) is 11.5. The highest BCUT2D eigenvalue weighted by Crippen LogP contribution is 2.32. The minimum absolute atomic E-state index is 0.178. The van der Waals surface area contributed by atoms with E-state index in [1.54, 1.807) is 6.20 Å². The van der Waals surface area contributed by atoms with Crippen LogP contribution in [0.15, 0.2) is 36.5 Å². The highest BCUT2D eigenvalue weighted by atomic mass is 16.6. The number of hydrogen-bond acceptors (Lipinski definition) is 7. The van der Waals surface area contributed by atoms with Crippen LogP contribution >= 0.6 is 0 Å². The van der Waals surface area contributed by atoms with Crippen molar-refractivity contribution in [3.8, 4) is 16.9 Å². The summed E-state index contributed by atoms with van der Waals surface area (Å²) in [5.41, 5.74) is 2.31. The van der Waals surface area contributed by atoms with Crippen molar-refractivity contribution in [2.75, 3.05) is 33.4 Å². The van der Waals surface area contributed by atoms with Crippen molar-refractivity contribution < 1.29 is 23.8 Å². The van der Waals surface area contributed by atoms with Gasteiger partial charge in [0.25, 0.3) is 0 Å². The van der Waals surface area contributed by atoms with Crippen molar-refractivity contribution in [3.05, 3.63) is 47.8 Å². The summed E-state index contributed by atoms with van der Waals surface area (Å²) in [6.07, 6.45) is 4.70. The van der Waals surface area contributed by atoms with E-state index in [0.717, 1.165) is 54.8 Å². The molecule has 1 aromatic heterocycles. The maximum Gasteiger partial charge on any atom is 0.358 e. The monoisotopic (exact) mass is 468 g/mol. The summed E-state index contributed by atoms with van der Waals surface area (Å²) in [4.78, 5) is 30.7. The van der Waals surface area contributed by atoms with Crippen LogP contribution in [0.5, 0.6) is 5.75 Å². The maximum absolute atomic E-state index is 12.7. The Morgan fingerprint density at radius 3 is 2.65 bits per heavy atom. The molecule has 0 bridgehead atoms. The molecule has 3 rings (SSSR count). The predicted molar refractivity (Wildman–Crippen MR) is 131 cm³/mol. The van der Waals surface area contributed by atoms with Crippen LogP contribution in [-0.2, 0) is 14.3 Å². The molecule has 0 amide bonds. The normalized spacial score (nSPS) is 16.3. The number of ether oxygens (including phenoxy) is 3. The van der Waals surface area contributed by atoms with Crippen LogP contribution in [0.25, 0.3) is 11.1 Å². The van der Waals surface area contributed by atoms with Gasteiger partial charge >= 0.3 is 11.9 Å². The zero-order valence-corrected chi connectivity index (χ0v) is 20.9. The number of benzene rings is 1. The minimum atomic E-state index is -0.596. The Morgan fingerprint density at radius 1 is 1.15 bits per heavy atom. The fourth-order valence-corrected chi connectivity index (χ4v) is 4.27. The summed E-state index contributed by atoms with van der Waals surface area (Å²) in [5.74, 6) is 0.761. The molecule has 1 unspecified atom stereocenters. The Labute approximate surface area is 202 Å². The third-order valence-corrected chi connectivity index (χ3v) is 5.94. The lowest BCUT2D eigenvalue weighted by Gasteiger charge is -2.20. The van der Waals surface area contributed by atoms with E-state index in [-0.39, 0.29) is 5.97 Å². The molecular formula is C27H36N2O5. The summed E-state index contributed by atoms with van der Waals surface area (Å²) in [7, 11) is 1.43. The smallest absolute Gasteiger partial charge is 0.358 e. The molecular weight excluding hydrogens is 432 g/mol. The highest BCUT2D eigenvalue weighted by molar-refractivity contribution is 5.96. The number of carbonyl (C=O) groups excluding carboxylic acids is 2. The molecule has 34 heavy (non-hydrogen) atoms. The van der Waals surface area contributed by atoms with Gasteiger partial charge in [-0.3, -0.25) is 9.69 Å². The number of nitrogens with zero attached hydrogens (tertiary/aromatic N) is 2. The predicted octanol–water partition coefficient (Wildman–Crippen LogP) is 4.67. The van der Waals surface area contributed by atoms with Crippen molar-refractivity contribution in [3.63, 3.8) is 0 Å². The summed E-state index contributed by atoms with van der Waals surface area (Å²) < 4.78 is 16.4. The van der Waals surface area contributed by atoms with Gasteiger partial charge in [-0.2, -0.15) is 0 Å².